The Bertz CT molecular complexity index is 986. The van der Waals surface area contributed by atoms with Crippen molar-refractivity contribution in [1.29, 1.82) is 0 Å². The second-order valence-electron chi connectivity index (χ2n) is 8.96. The van der Waals surface area contributed by atoms with Crippen LogP contribution in [0.25, 0.3) is 0 Å². The lowest BCUT2D eigenvalue weighted by atomic mass is 9.67. The molecule has 10 heteroatoms. The maximum atomic E-state index is 13.2. The number of alkyl halides is 2. The topological polar surface area (TPSA) is 84.6 Å². The summed E-state index contributed by atoms with van der Waals surface area (Å²) < 4.78 is 45.3. The summed E-state index contributed by atoms with van der Waals surface area (Å²) in [6.45, 7) is 7.74. The lowest BCUT2D eigenvalue weighted by molar-refractivity contribution is -0.171. The van der Waals surface area contributed by atoms with Gasteiger partial charge in [0.05, 0.1) is 26.8 Å². The van der Waals surface area contributed by atoms with E-state index in [1.807, 2.05) is 27.8 Å². The van der Waals surface area contributed by atoms with Crippen molar-refractivity contribution < 1.29 is 22.6 Å². The van der Waals surface area contributed by atoms with Crippen molar-refractivity contribution in [3.63, 3.8) is 0 Å². The quantitative estimate of drug-likeness (QED) is 0.718. The van der Waals surface area contributed by atoms with E-state index in [0.717, 1.165) is 17.0 Å². The lowest BCUT2D eigenvalue weighted by Gasteiger charge is -2.42. The predicted octanol–water partition coefficient (Wildman–Crippen LogP) is 2.80. The molecule has 1 aliphatic heterocycles. The van der Waals surface area contributed by atoms with Crippen molar-refractivity contribution in [3.8, 4) is 0 Å². The van der Waals surface area contributed by atoms with Crippen LogP contribution in [0.2, 0.25) is 0 Å². The van der Waals surface area contributed by atoms with Gasteiger partial charge in [-0.05, 0) is 27.2 Å². The fourth-order valence-electron chi connectivity index (χ4n) is 4.58. The molecule has 1 saturated heterocycles. The highest BCUT2D eigenvalue weighted by molar-refractivity contribution is 7.93. The van der Waals surface area contributed by atoms with Crippen LogP contribution < -0.4 is 0 Å². The van der Waals surface area contributed by atoms with Crippen LogP contribution in [0.1, 0.15) is 56.0 Å². The first-order valence-corrected chi connectivity index (χ1v) is 12.1. The summed E-state index contributed by atoms with van der Waals surface area (Å²) in [5.74, 6) is -3.75. The third-order valence-corrected chi connectivity index (χ3v) is 8.56. The van der Waals surface area contributed by atoms with Crippen molar-refractivity contribution in [2.24, 2.45) is 16.8 Å². The molecule has 0 radical (unpaired) electrons. The van der Waals surface area contributed by atoms with E-state index in [2.05, 4.69) is 9.46 Å². The predicted molar refractivity (Wildman–Crippen MR) is 110 cm³/mol. The van der Waals surface area contributed by atoms with Crippen LogP contribution >= 0.6 is 0 Å². The van der Waals surface area contributed by atoms with Crippen molar-refractivity contribution in [2.45, 2.75) is 58.8 Å². The van der Waals surface area contributed by atoms with Crippen molar-refractivity contribution >= 4 is 21.5 Å². The number of halogens is 2. The Labute approximate surface area is 176 Å². The number of hydrogen-bond donors (Lipinski definition) is 0. The van der Waals surface area contributed by atoms with E-state index >= 15 is 0 Å². The summed E-state index contributed by atoms with van der Waals surface area (Å²) >= 11 is 0. The number of carbonyl (C=O) groups excluding carboxylic acids is 2. The van der Waals surface area contributed by atoms with E-state index < -0.39 is 39.8 Å². The van der Waals surface area contributed by atoms with E-state index in [1.54, 1.807) is 9.58 Å². The van der Waals surface area contributed by atoms with E-state index in [-0.39, 0.29) is 29.9 Å². The van der Waals surface area contributed by atoms with Crippen LogP contribution in [-0.2, 0) is 26.4 Å². The smallest absolute Gasteiger partial charge is 0.260 e. The number of amides is 2. The molecular formula is C20H30F2N4O3S. The van der Waals surface area contributed by atoms with Gasteiger partial charge in [0.25, 0.3) is 5.91 Å². The minimum atomic E-state index is -2.87. The third-order valence-electron chi connectivity index (χ3n) is 6.31. The summed E-state index contributed by atoms with van der Waals surface area (Å²) in [4.78, 5) is 27.2. The van der Waals surface area contributed by atoms with Gasteiger partial charge >= 0.3 is 0 Å². The Morgan fingerprint density at radius 3 is 2.37 bits per heavy atom. The molecule has 2 fully saturated rings. The monoisotopic (exact) mass is 444 g/mol. The Morgan fingerprint density at radius 2 is 1.83 bits per heavy atom. The highest BCUT2D eigenvalue weighted by Gasteiger charge is 2.58. The average molecular weight is 445 g/mol. The number of rotatable bonds is 3. The molecule has 2 amide bonds. The van der Waals surface area contributed by atoms with Gasteiger partial charge in [0, 0.05) is 55.7 Å². The first kappa shape index (κ1) is 22.8. The molecule has 0 bridgehead atoms. The van der Waals surface area contributed by atoms with Crippen LogP contribution in [-0.4, -0.2) is 61.2 Å². The van der Waals surface area contributed by atoms with E-state index in [0.29, 0.717) is 13.0 Å². The van der Waals surface area contributed by atoms with Gasteiger partial charge in [-0.1, -0.05) is 6.92 Å². The molecule has 2 atom stereocenters. The van der Waals surface area contributed by atoms with Gasteiger partial charge in [0.15, 0.2) is 0 Å². The Balaban J connectivity index is 1.72. The van der Waals surface area contributed by atoms with Crippen LogP contribution in [0.4, 0.5) is 8.78 Å². The molecule has 168 valence electrons. The van der Waals surface area contributed by atoms with E-state index in [4.69, 9.17) is 0 Å². The maximum absolute atomic E-state index is 13.2. The second-order valence-corrected chi connectivity index (χ2v) is 11.5. The Hall–Kier alpha value is -1.84. The van der Waals surface area contributed by atoms with Crippen LogP contribution in [0, 0.1) is 19.3 Å². The maximum Gasteiger partial charge on any atom is 0.260 e. The Morgan fingerprint density at radius 1 is 1.20 bits per heavy atom. The van der Waals surface area contributed by atoms with Gasteiger partial charge < -0.3 is 4.90 Å². The molecule has 7 nitrogen and oxygen atoms in total. The van der Waals surface area contributed by atoms with Crippen molar-refractivity contribution in [1.82, 2.24) is 14.7 Å². The summed E-state index contributed by atoms with van der Waals surface area (Å²) in [6, 6.07) is 0. The standard InChI is InChI=1S/C20H30F2N4O3S/c1-13(16-14(2)23-25(5)15(16)3)17(27)26-7-6-9-30(29,10-8-26)24-18(28)19(4)11-20(21,22)12-19/h13H,6-12H2,1-5H3. The minimum absolute atomic E-state index is 0.0743. The minimum Gasteiger partial charge on any atom is -0.341 e. The van der Waals surface area contributed by atoms with E-state index in [1.165, 1.54) is 6.92 Å². The van der Waals surface area contributed by atoms with Crippen LogP contribution in [0.3, 0.4) is 0 Å². The van der Waals surface area contributed by atoms with Crippen LogP contribution in [0.5, 0.6) is 0 Å². The zero-order valence-corrected chi connectivity index (χ0v) is 19.0. The number of hydrogen-bond acceptors (Lipinski definition) is 4. The second kappa shape index (κ2) is 7.69. The fourth-order valence-corrected chi connectivity index (χ4v) is 6.57. The molecule has 3 rings (SSSR count). The first-order valence-electron chi connectivity index (χ1n) is 10.2. The molecule has 2 heterocycles. The largest absolute Gasteiger partial charge is 0.341 e. The normalized spacial score (nSPS) is 26.4. The summed E-state index contributed by atoms with van der Waals surface area (Å²) in [5, 5.41) is 4.37. The van der Waals surface area contributed by atoms with Crippen LogP contribution in [0.15, 0.2) is 4.36 Å². The van der Waals surface area contributed by atoms with Gasteiger partial charge in [0.2, 0.25) is 11.8 Å². The zero-order valence-electron chi connectivity index (χ0n) is 18.2. The number of aromatic nitrogens is 2. The number of nitrogens with zero attached hydrogens (tertiary/aromatic N) is 4. The molecule has 30 heavy (non-hydrogen) atoms. The Kier molecular flexibility index (Phi) is 5.85. The molecule has 1 aliphatic carbocycles. The highest BCUT2D eigenvalue weighted by Crippen LogP contribution is 2.52. The molecule has 0 spiro atoms. The summed E-state index contributed by atoms with van der Waals surface area (Å²) in [6.07, 6.45) is -0.653. The molecule has 1 aromatic rings. The van der Waals surface area contributed by atoms with Gasteiger partial charge in [-0.15, -0.1) is 0 Å². The molecule has 0 N–H and O–H groups in total. The molecule has 1 saturated carbocycles. The van der Waals surface area contributed by atoms with Gasteiger partial charge in [0.1, 0.15) is 0 Å². The van der Waals surface area contributed by atoms with Gasteiger partial charge in [-0.25, -0.2) is 13.0 Å². The molecular weight excluding hydrogens is 414 g/mol. The SMILES string of the molecule is Cc1nn(C)c(C)c1C(C)C(=O)N1CCCS(=O)(=NC(=O)C2(C)CC(F)(F)C2)CC1. The molecule has 1 aromatic heterocycles. The average Bonchev–Trinajstić information content (AvgIpc) is 2.76. The van der Waals surface area contributed by atoms with Gasteiger partial charge in [-0.2, -0.15) is 9.46 Å². The molecule has 2 aliphatic rings. The highest BCUT2D eigenvalue weighted by atomic mass is 32.2. The van der Waals surface area contributed by atoms with Crippen molar-refractivity contribution in [2.75, 3.05) is 24.6 Å². The summed E-state index contributed by atoms with van der Waals surface area (Å²) in [7, 11) is -1.04. The third kappa shape index (κ3) is 4.29. The van der Waals surface area contributed by atoms with Crippen molar-refractivity contribution in [3.05, 3.63) is 17.0 Å². The van der Waals surface area contributed by atoms with Gasteiger partial charge in [-0.3, -0.25) is 14.3 Å². The zero-order chi connectivity index (χ0) is 22.5. The molecule has 2 unspecified atom stereocenters. The first-order chi connectivity index (χ1) is 13.8. The number of aryl methyl sites for hydroxylation is 2. The van der Waals surface area contributed by atoms with E-state index in [9.17, 15) is 22.6 Å². The summed E-state index contributed by atoms with van der Waals surface area (Å²) in [5.41, 5.74) is 1.39. The fraction of sp³-hybridized carbons (Fsp3) is 0.750. The molecule has 0 aromatic carbocycles. The lowest BCUT2D eigenvalue weighted by Crippen LogP contribution is -2.48. The number of carbonyl (C=O) groups is 2.